The molecule has 1 atom stereocenters. The van der Waals surface area contributed by atoms with Crippen molar-refractivity contribution in [3.63, 3.8) is 0 Å². The molecular formula is C17H14F2O4. The van der Waals surface area contributed by atoms with Crippen molar-refractivity contribution in [3.05, 3.63) is 71.3 Å². The number of aliphatic carboxylic acids is 2. The molecule has 0 aliphatic heterocycles. The number of halogens is 2. The lowest BCUT2D eigenvalue weighted by atomic mass is 9.66. The molecule has 0 aliphatic carbocycles. The Balaban J connectivity index is 2.80. The van der Waals surface area contributed by atoms with Gasteiger partial charge in [-0.1, -0.05) is 31.2 Å². The summed E-state index contributed by atoms with van der Waals surface area (Å²) in [4.78, 5) is 23.6. The fourth-order valence-corrected chi connectivity index (χ4v) is 2.71. The van der Waals surface area contributed by atoms with Crippen LogP contribution in [0.4, 0.5) is 8.78 Å². The molecule has 0 saturated carbocycles. The molecule has 0 saturated heterocycles. The van der Waals surface area contributed by atoms with Gasteiger partial charge < -0.3 is 10.2 Å². The third-order valence-electron chi connectivity index (χ3n) is 3.96. The Bertz CT molecular complexity index is 678. The molecule has 0 spiro atoms. The first-order valence-electron chi connectivity index (χ1n) is 6.78. The molecule has 1 unspecified atom stereocenters. The van der Waals surface area contributed by atoms with Gasteiger partial charge in [0.15, 0.2) is 0 Å². The summed E-state index contributed by atoms with van der Waals surface area (Å²) in [6.07, 6.45) is 0. The van der Waals surface area contributed by atoms with E-state index in [-0.39, 0.29) is 11.1 Å². The summed E-state index contributed by atoms with van der Waals surface area (Å²) in [6, 6.07) is 9.16. The van der Waals surface area contributed by atoms with Gasteiger partial charge in [0.05, 0.1) is 5.92 Å². The third-order valence-corrected chi connectivity index (χ3v) is 3.96. The lowest BCUT2D eigenvalue weighted by molar-refractivity contribution is -0.153. The number of carboxylic acids is 2. The normalized spacial score (nSPS) is 12.7. The molecule has 2 N–H and O–H groups in total. The van der Waals surface area contributed by atoms with Crippen LogP contribution >= 0.6 is 0 Å². The van der Waals surface area contributed by atoms with Crippen molar-refractivity contribution in [3.8, 4) is 0 Å². The predicted octanol–water partition coefficient (Wildman–Crippen LogP) is 3.06. The van der Waals surface area contributed by atoms with E-state index in [2.05, 4.69) is 0 Å². The van der Waals surface area contributed by atoms with E-state index in [0.29, 0.717) is 0 Å². The van der Waals surface area contributed by atoms with E-state index in [0.717, 1.165) is 24.3 Å². The minimum atomic E-state index is -1.97. The van der Waals surface area contributed by atoms with E-state index in [1.54, 1.807) is 0 Å². The largest absolute Gasteiger partial charge is 0.481 e. The maximum atomic E-state index is 13.2. The van der Waals surface area contributed by atoms with Crippen molar-refractivity contribution >= 4 is 11.9 Å². The smallest absolute Gasteiger partial charge is 0.319 e. The van der Waals surface area contributed by atoms with Crippen molar-refractivity contribution < 1.29 is 28.6 Å². The molecule has 0 fully saturated rings. The Morgan fingerprint density at radius 1 is 0.870 bits per heavy atom. The Morgan fingerprint density at radius 2 is 1.22 bits per heavy atom. The number of rotatable bonds is 5. The van der Waals surface area contributed by atoms with Crippen LogP contribution in [0.1, 0.15) is 18.1 Å². The number of hydrogen-bond donors (Lipinski definition) is 2. The molecule has 2 aromatic carbocycles. The molecular weight excluding hydrogens is 306 g/mol. The van der Waals surface area contributed by atoms with Crippen LogP contribution in [0, 0.1) is 17.6 Å². The highest BCUT2D eigenvalue weighted by atomic mass is 19.1. The van der Waals surface area contributed by atoms with Gasteiger partial charge in [-0.2, -0.15) is 0 Å². The molecule has 2 aromatic rings. The van der Waals surface area contributed by atoms with Gasteiger partial charge in [0.2, 0.25) is 0 Å². The zero-order chi connectivity index (χ0) is 17.2. The molecule has 120 valence electrons. The van der Waals surface area contributed by atoms with E-state index in [1.165, 1.54) is 31.2 Å². The highest BCUT2D eigenvalue weighted by Gasteiger charge is 2.50. The van der Waals surface area contributed by atoms with E-state index in [9.17, 15) is 28.6 Å². The first kappa shape index (κ1) is 16.6. The molecule has 2 rings (SSSR count). The molecule has 6 heteroatoms. The zero-order valence-corrected chi connectivity index (χ0v) is 12.2. The lowest BCUT2D eigenvalue weighted by Gasteiger charge is -2.34. The standard InChI is InChI=1S/C17H14F2O4/c1-10(15(20)21)17(16(22)23,11-2-6-13(18)7-3-11)12-4-8-14(19)9-5-12/h2-10H,1H3,(H,20,21)(H,22,23). The maximum Gasteiger partial charge on any atom is 0.319 e. The average Bonchev–Trinajstić information content (AvgIpc) is 2.50. The number of carboxylic acid groups (broad SMARTS) is 2. The molecule has 0 bridgehead atoms. The topological polar surface area (TPSA) is 74.6 Å². The summed E-state index contributed by atoms with van der Waals surface area (Å²) in [7, 11) is 0. The molecule has 0 radical (unpaired) electrons. The lowest BCUT2D eigenvalue weighted by Crippen LogP contribution is -2.46. The molecule has 0 heterocycles. The van der Waals surface area contributed by atoms with Crippen molar-refractivity contribution in [2.45, 2.75) is 12.3 Å². The van der Waals surface area contributed by atoms with Gasteiger partial charge in [-0.05, 0) is 35.4 Å². The molecule has 0 amide bonds. The van der Waals surface area contributed by atoms with Crippen LogP contribution in [0.15, 0.2) is 48.5 Å². The summed E-state index contributed by atoms with van der Waals surface area (Å²) in [5.41, 5.74) is -1.76. The maximum absolute atomic E-state index is 13.2. The van der Waals surface area contributed by atoms with Gasteiger partial charge in [0, 0.05) is 0 Å². The van der Waals surface area contributed by atoms with Crippen LogP contribution in [0.25, 0.3) is 0 Å². The van der Waals surface area contributed by atoms with Crippen LogP contribution in [0.2, 0.25) is 0 Å². The molecule has 0 aromatic heterocycles. The first-order valence-corrected chi connectivity index (χ1v) is 6.78. The van der Waals surface area contributed by atoms with Gasteiger partial charge >= 0.3 is 11.9 Å². The highest BCUT2D eigenvalue weighted by Crippen LogP contribution is 2.40. The van der Waals surface area contributed by atoms with Gasteiger partial charge in [-0.3, -0.25) is 9.59 Å². The van der Waals surface area contributed by atoms with E-state index in [1.807, 2.05) is 0 Å². The van der Waals surface area contributed by atoms with Gasteiger partial charge in [-0.25, -0.2) is 8.78 Å². The number of hydrogen-bond acceptors (Lipinski definition) is 2. The Hall–Kier alpha value is -2.76. The van der Waals surface area contributed by atoms with Crippen LogP contribution in [-0.2, 0) is 15.0 Å². The fraction of sp³-hybridized carbons (Fsp3) is 0.176. The van der Waals surface area contributed by atoms with Crippen LogP contribution in [0.5, 0.6) is 0 Å². The number of carbonyl (C=O) groups is 2. The SMILES string of the molecule is CC(C(=O)O)C(C(=O)O)(c1ccc(F)cc1)c1ccc(F)cc1. The second-order valence-electron chi connectivity index (χ2n) is 5.19. The Kier molecular flexibility index (Phi) is 4.45. The van der Waals surface area contributed by atoms with Crippen LogP contribution < -0.4 is 0 Å². The average molecular weight is 320 g/mol. The van der Waals surface area contributed by atoms with Crippen molar-refractivity contribution in [1.29, 1.82) is 0 Å². The minimum Gasteiger partial charge on any atom is -0.481 e. The van der Waals surface area contributed by atoms with E-state index < -0.39 is 34.9 Å². The van der Waals surface area contributed by atoms with Gasteiger partial charge in [-0.15, -0.1) is 0 Å². The minimum absolute atomic E-state index is 0.105. The number of benzene rings is 2. The third kappa shape index (κ3) is 2.79. The molecule has 23 heavy (non-hydrogen) atoms. The summed E-state index contributed by atoms with van der Waals surface area (Å²) in [5.74, 6) is -5.26. The van der Waals surface area contributed by atoms with E-state index in [4.69, 9.17) is 0 Å². The van der Waals surface area contributed by atoms with Crippen molar-refractivity contribution in [1.82, 2.24) is 0 Å². The molecule has 4 nitrogen and oxygen atoms in total. The van der Waals surface area contributed by atoms with Crippen molar-refractivity contribution in [2.24, 2.45) is 5.92 Å². The fourth-order valence-electron chi connectivity index (χ4n) is 2.71. The van der Waals surface area contributed by atoms with Gasteiger partial charge in [0.1, 0.15) is 17.0 Å². The Labute approximate surface area is 131 Å². The van der Waals surface area contributed by atoms with Gasteiger partial charge in [0.25, 0.3) is 0 Å². The summed E-state index contributed by atoms with van der Waals surface area (Å²) < 4.78 is 26.4. The second kappa shape index (κ2) is 6.16. The van der Waals surface area contributed by atoms with Crippen LogP contribution in [-0.4, -0.2) is 22.2 Å². The monoisotopic (exact) mass is 320 g/mol. The Morgan fingerprint density at radius 3 is 1.48 bits per heavy atom. The quantitative estimate of drug-likeness (QED) is 0.888. The summed E-state index contributed by atoms with van der Waals surface area (Å²) >= 11 is 0. The summed E-state index contributed by atoms with van der Waals surface area (Å²) in [6.45, 7) is 1.25. The second-order valence-corrected chi connectivity index (χ2v) is 5.19. The highest BCUT2D eigenvalue weighted by molar-refractivity contribution is 5.92. The molecule has 0 aliphatic rings. The predicted molar refractivity (Wildman–Crippen MR) is 78.0 cm³/mol. The van der Waals surface area contributed by atoms with E-state index >= 15 is 0 Å². The van der Waals surface area contributed by atoms with Crippen molar-refractivity contribution in [2.75, 3.05) is 0 Å². The van der Waals surface area contributed by atoms with Crippen LogP contribution in [0.3, 0.4) is 0 Å². The summed E-state index contributed by atoms with van der Waals surface area (Å²) in [5, 5.41) is 19.2. The zero-order valence-electron chi connectivity index (χ0n) is 12.2. The first-order chi connectivity index (χ1) is 10.8.